The highest BCUT2D eigenvalue weighted by atomic mass is 16.2. The third-order valence-electron chi connectivity index (χ3n) is 2.43. The van der Waals surface area contributed by atoms with Crippen molar-refractivity contribution >= 4 is 23.2 Å². The molecule has 16 heavy (non-hydrogen) atoms. The molecule has 0 saturated carbocycles. The molecular weight excluding hydrogens is 206 g/mol. The van der Waals surface area contributed by atoms with Gasteiger partial charge in [-0.05, 0) is 12.1 Å². The first-order valence-corrected chi connectivity index (χ1v) is 5.11. The van der Waals surface area contributed by atoms with Gasteiger partial charge in [0.25, 0.3) is 0 Å². The van der Waals surface area contributed by atoms with E-state index in [2.05, 4.69) is 5.32 Å². The summed E-state index contributed by atoms with van der Waals surface area (Å²) in [6, 6.07) is 7.23. The highest BCUT2D eigenvalue weighted by molar-refractivity contribution is 6.09. The van der Waals surface area contributed by atoms with Gasteiger partial charge in [0, 0.05) is 13.0 Å². The average Bonchev–Trinajstić information content (AvgIpc) is 2.28. The molecule has 2 rings (SSSR count). The zero-order valence-electron chi connectivity index (χ0n) is 8.77. The summed E-state index contributed by atoms with van der Waals surface area (Å²) in [4.78, 5) is 24.7. The summed E-state index contributed by atoms with van der Waals surface area (Å²) in [5.74, 6) is -0.297. The fourth-order valence-electron chi connectivity index (χ4n) is 1.71. The van der Waals surface area contributed by atoms with Crippen LogP contribution in [0.4, 0.5) is 11.4 Å². The van der Waals surface area contributed by atoms with Gasteiger partial charge in [-0.3, -0.25) is 9.59 Å². The number of hydrogen-bond acceptors (Lipinski definition) is 3. The standard InChI is InChI=1S/C11H13N3O2/c12-6-5-11(16)14-7-10(15)13-8-3-1-2-4-9(8)14/h1-4H,5-7,12H2,(H,13,15). The SMILES string of the molecule is NCCC(=O)N1CC(=O)Nc2ccccc21. The molecule has 1 aliphatic rings. The Morgan fingerprint density at radius 2 is 2.19 bits per heavy atom. The first kappa shape index (κ1) is 10.6. The largest absolute Gasteiger partial charge is 0.330 e. The van der Waals surface area contributed by atoms with Crippen molar-refractivity contribution in [2.24, 2.45) is 5.73 Å². The highest BCUT2D eigenvalue weighted by Gasteiger charge is 2.25. The predicted molar refractivity (Wildman–Crippen MR) is 61.1 cm³/mol. The van der Waals surface area contributed by atoms with E-state index in [0.717, 1.165) is 5.69 Å². The summed E-state index contributed by atoms with van der Waals surface area (Å²) in [5.41, 5.74) is 6.75. The summed E-state index contributed by atoms with van der Waals surface area (Å²) in [7, 11) is 0. The lowest BCUT2D eigenvalue weighted by Gasteiger charge is -2.29. The van der Waals surface area contributed by atoms with Gasteiger partial charge in [-0.1, -0.05) is 12.1 Å². The number of nitrogens with zero attached hydrogens (tertiary/aromatic N) is 1. The Morgan fingerprint density at radius 3 is 2.94 bits per heavy atom. The number of carbonyl (C=O) groups is 2. The third-order valence-corrected chi connectivity index (χ3v) is 2.43. The molecule has 0 aliphatic carbocycles. The van der Waals surface area contributed by atoms with Crippen LogP contribution in [0.25, 0.3) is 0 Å². The molecule has 84 valence electrons. The van der Waals surface area contributed by atoms with Gasteiger partial charge in [0.15, 0.2) is 0 Å². The number of nitrogens with one attached hydrogen (secondary N) is 1. The van der Waals surface area contributed by atoms with Gasteiger partial charge in [-0.25, -0.2) is 0 Å². The highest BCUT2D eigenvalue weighted by Crippen LogP contribution is 2.28. The Labute approximate surface area is 93.2 Å². The second-order valence-corrected chi connectivity index (χ2v) is 3.58. The van der Waals surface area contributed by atoms with Crippen molar-refractivity contribution in [3.8, 4) is 0 Å². The summed E-state index contributed by atoms with van der Waals surface area (Å²) >= 11 is 0. The quantitative estimate of drug-likeness (QED) is 0.752. The average molecular weight is 219 g/mol. The van der Waals surface area contributed by atoms with E-state index in [1.165, 1.54) is 4.90 Å². The number of para-hydroxylation sites is 2. The number of hydrogen-bond donors (Lipinski definition) is 2. The van der Waals surface area contributed by atoms with Crippen molar-refractivity contribution < 1.29 is 9.59 Å². The van der Waals surface area contributed by atoms with Gasteiger partial charge >= 0.3 is 0 Å². The smallest absolute Gasteiger partial charge is 0.244 e. The topological polar surface area (TPSA) is 75.4 Å². The number of rotatable bonds is 2. The van der Waals surface area contributed by atoms with Crippen molar-refractivity contribution in [2.45, 2.75) is 6.42 Å². The Hall–Kier alpha value is -1.88. The second-order valence-electron chi connectivity index (χ2n) is 3.58. The van der Waals surface area contributed by atoms with Crippen molar-refractivity contribution in [1.82, 2.24) is 0 Å². The number of benzene rings is 1. The molecule has 3 N–H and O–H groups in total. The van der Waals surface area contributed by atoms with Crippen LogP contribution in [-0.4, -0.2) is 24.9 Å². The van der Waals surface area contributed by atoms with E-state index in [1.54, 1.807) is 6.07 Å². The molecule has 0 bridgehead atoms. The second kappa shape index (κ2) is 4.32. The zero-order chi connectivity index (χ0) is 11.5. The summed E-state index contributed by atoms with van der Waals surface area (Å²) in [6.45, 7) is 0.356. The minimum absolute atomic E-state index is 0.0653. The molecule has 1 heterocycles. The van der Waals surface area contributed by atoms with Gasteiger partial charge in [0.1, 0.15) is 6.54 Å². The van der Waals surface area contributed by atoms with Crippen LogP contribution in [-0.2, 0) is 9.59 Å². The summed E-state index contributed by atoms with van der Waals surface area (Å²) in [5, 5.41) is 2.72. The molecule has 1 aliphatic heterocycles. The molecule has 0 saturated heterocycles. The lowest BCUT2D eigenvalue weighted by molar-refractivity contribution is -0.121. The fourth-order valence-corrected chi connectivity index (χ4v) is 1.71. The van der Waals surface area contributed by atoms with E-state index in [9.17, 15) is 9.59 Å². The maximum absolute atomic E-state index is 11.8. The van der Waals surface area contributed by atoms with Gasteiger partial charge in [0.05, 0.1) is 11.4 Å². The number of fused-ring (bicyclic) bond motifs is 1. The van der Waals surface area contributed by atoms with Crippen molar-refractivity contribution in [3.63, 3.8) is 0 Å². The predicted octanol–water partition coefficient (Wildman–Crippen LogP) is 0.321. The van der Waals surface area contributed by atoms with E-state index in [-0.39, 0.29) is 24.8 Å². The van der Waals surface area contributed by atoms with Crippen molar-refractivity contribution in [1.29, 1.82) is 0 Å². The first-order chi connectivity index (χ1) is 7.72. The maximum Gasteiger partial charge on any atom is 0.244 e. The molecule has 0 spiro atoms. The number of amides is 2. The van der Waals surface area contributed by atoms with Gasteiger partial charge in [-0.2, -0.15) is 0 Å². The van der Waals surface area contributed by atoms with E-state index in [4.69, 9.17) is 5.73 Å². The molecule has 1 aromatic rings. The van der Waals surface area contributed by atoms with Crippen molar-refractivity contribution in [2.75, 3.05) is 23.3 Å². The molecule has 0 radical (unpaired) electrons. The van der Waals surface area contributed by atoms with Crippen LogP contribution in [0.3, 0.4) is 0 Å². The molecule has 1 aromatic carbocycles. The van der Waals surface area contributed by atoms with E-state index >= 15 is 0 Å². The fraction of sp³-hybridized carbons (Fsp3) is 0.273. The van der Waals surface area contributed by atoms with Crippen LogP contribution >= 0.6 is 0 Å². The van der Waals surface area contributed by atoms with Crippen LogP contribution in [0.2, 0.25) is 0 Å². The van der Waals surface area contributed by atoms with Crippen LogP contribution in [0.15, 0.2) is 24.3 Å². The number of nitrogens with two attached hydrogens (primary N) is 1. The van der Waals surface area contributed by atoms with Crippen LogP contribution in [0, 0.1) is 0 Å². The lowest BCUT2D eigenvalue weighted by Crippen LogP contribution is -2.42. The molecule has 5 heteroatoms. The lowest BCUT2D eigenvalue weighted by atomic mass is 10.2. The Bertz CT molecular complexity index is 431. The maximum atomic E-state index is 11.8. The van der Waals surface area contributed by atoms with E-state index < -0.39 is 0 Å². The molecular formula is C11H13N3O2. The van der Waals surface area contributed by atoms with Crippen LogP contribution in [0.1, 0.15) is 6.42 Å². The number of carbonyl (C=O) groups excluding carboxylic acids is 2. The van der Waals surface area contributed by atoms with Crippen molar-refractivity contribution in [3.05, 3.63) is 24.3 Å². The zero-order valence-corrected chi connectivity index (χ0v) is 8.77. The molecule has 0 fully saturated rings. The monoisotopic (exact) mass is 219 g/mol. The first-order valence-electron chi connectivity index (χ1n) is 5.11. The van der Waals surface area contributed by atoms with Gasteiger partial charge in [-0.15, -0.1) is 0 Å². The third kappa shape index (κ3) is 1.90. The van der Waals surface area contributed by atoms with E-state index in [0.29, 0.717) is 12.2 Å². The number of anilines is 2. The summed E-state index contributed by atoms with van der Waals surface area (Å²) < 4.78 is 0. The minimum Gasteiger partial charge on any atom is -0.330 e. The molecule has 0 unspecified atom stereocenters. The summed E-state index contributed by atoms with van der Waals surface area (Å²) in [6.07, 6.45) is 0.252. The normalized spacial score (nSPS) is 14.3. The van der Waals surface area contributed by atoms with Gasteiger partial charge in [0.2, 0.25) is 11.8 Å². The molecule has 0 atom stereocenters. The van der Waals surface area contributed by atoms with Crippen LogP contribution in [0.5, 0.6) is 0 Å². The molecule has 0 aromatic heterocycles. The van der Waals surface area contributed by atoms with E-state index in [1.807, 2.05) is 18.2 Å². The minimum atomic E-state index is -0.177. The Balaban J connectivity index is 2.33. The Kier molecular flexibility index (Phi) is 2.87. The van der Waals surface area contributed by atoms with Gasteiger partial charge < -0.3 is 16.0 Å². The van der Waals surface area contributed by atoms with Crippen LogP contribution < -0.4 is 16.0 Å². The molecule has 5 nitrogen and oxygen atoms in total. The Morgan fingerprint density at radius 1 is 1.44 bits per heavy atom. The molecule has 2 amide bonds.